The first kappa shape index (κ1) is 15.2. The predicted octanol–water partition coefficient (Wildman–Crippen LogP) is 3.21. The number of halogens is 1. The molecule has 0 spiro atoms. The minimum Gasteiger partial charge on any atom is -0.464 e. The zero-order valence-electron chi connectivity index (χ0n) is 12.5. The molecule has 0 fully saturated rings. The average Bonchev–Trinajstić information content (AvgIpc) is 2.48. The standard InChI is InChI=1S/C15H19FN4O/c1-4-8-17-14-18-13(19-15(20-14)21-5-2)11-6-7-12(16)10(3)9-11/h6-7,9H,4-5,8H2,1-3H3,(H,17,18,19,20). The highest BCUT2D eigenvalue weighted by Crippen LogP contribution is 2.21. The van der Waals surface area contributed by atoms with Crippen LogP contribution in [0, 0.1) is 12.7 Å². The van der Waals surface area contributed by atoms with E-state index in [1.807, 2.05) is 6.92 Å². The van der Waals surface area contributed by atoms with Crippen molar-refractivity contribution in [3.05, 3.63) is 29.6 Å². The van der Waals surface area contributed by atoms with Gasteiger partial charge in [-0.1, -0.05) is 6.92 Å². The lowest BCUT2D eigenvalue weighted by Gasteiger charge is -2.09. The molecule has 1 N–H and O–H groups in total. The first-order valence-electron chi connectivity index (χ1n) is 7.03. The minimum absolute atomic E-state index is 0.248. The van der Waals surface area contributed by atoms with Crippen LogP contribution in [0.25, 0.3) is 11.4 Å². The quantitative estimate of drug-likeness (QED) is 0.885. The molecule has 0 aliphatic rings. The highest BCUT2D eigenvalue weighted by Gasteiger charge is 2.10. The third-order valence-electron chi connectivity index (χ3n) is 2.84. The zero-order valence-corrected chi connectivity index (χ0v) is 12.5. The Kier molecular flexibility index (Phi) is 5.03. The Bertz CT molecular complexity index is 619. The Hall–Kier alpha value is -2.24. The fraction of sp³-hybridized carbons (Fsp3) is 0.400. The van der Waals surface area contributed by atoms with Crippen LogP contribution in [0.3, 0.4) is 0 Å². The maximum atomic E-state index is 13.4. The Morgan fingerprint density at radius 2 is 2.00 bits per heavy atom. The SMILES string of the molecule is CCCNc1nc(OCC)nc(-c2ccc(F)c(C)c2)n1. The molecule has 0 unspecified atom stereocenters. The first-order chi connectivity index (χ1) is 10.1. The molecular formula is C15H19FN4O. The van der Waals surface area contributed by atoms with Gasteiger partial charge in [0.15, 0.2) is 5.82 Å². The fourth-order valence-electron chi connectivity index (χ4n) is 1.78. The molecule has 0 atom stereocenters. The topological polar surface area (TPSA) is 59.9 Å². The Labute approximate surface area is 123 Å². The van der Waals surface area contributed by atoms with Crippen molar-refractivity contribution in [2.24, 2.45) is 0 Å². The van der Waals surface area contributed by atoms with Gasteiger partial charge < -0.3 is 10.1 Å². The molecule has 0 aliphatic heterocycles. The molecule has 0 saturated heterocycles. The summed E-state index contributed by atoms with van der Waals surface area (Å²) in [6.45, 7) is 6.86. The van der Waals surface area contributed by atoms with Crippen molar-refractivity contribution < 1.29 is 9.13 Å². The molecule has 1 heterocycles. The van der Waals surface area contributed by atoms with Crippen molar-refractivity contribution in [2.45, 2.75) is 27.2 Å². The molecule has 112 valence electrons. The van der Waals surface area contributed by atoms with Crippen LogP contribution in [0.1, 0.15) is 25.8 Å². The number of rotatable bonds is 6. The third-order valence-corrected chi connectivity index (χ3v) is 2.84. The second kappa shape index (κ2) is 6.97. The highest BCUT2D eigenvalue weighted by molar-refractivity contribution is 5.57. The van der Waals surface area contributed by atoms with Crippen molar-refractivity contribution >= 4 is 5.95 Å². The van der Waals surface area contributed by atoms with E-state index in [1.165, 1.54) is 6.07 Å². The number of aryl methyl sites for hydroxylation is 1. The summed E-state index contributed by atoms with van der Waals surface area (Å²) < 4.78 is 18.7. The smallest absolute Gasteiger partial charge is 0.321 e. The van der Waals surface area contributed by atoms with Crippen LogP contribution in [-0.2, 0) is 0 Å². The van der Waals surface area contributed by atoms with Crippen molar-refractivity contribution in [2.75, 3.05) is 18.5 Å². The van der Waals surface area contributed by atoms with E-state index in [-0.39, 0.29) is 11.8 Å². The van der Waals surface area contributed by atoms with Gasteiger partial charge in [0, 0.05) is 12.1 Å². The summed E-state index contributed by atoms with van der Waals surface area (Å²) >= 11 is 0. The normalized spacial score (nSPS) is 10.5. The molecule has 2 aromatic rings. The number of nitrogens with zero attached hydrogens (tertiary/aromatic N) is 3. The maximum Gasteiger partial charge on any atom is 0.321 e. The van der Waals surface area contributed by atoms with E-state index in [4.69, 9.17) is 4.74 Å². The van der Waals surface area contributed by atoms with Crippen LogP contribution in [0.5, 0.6) is 6.01 Å². The number of nitrogens with one attached hydrogen (secondary N) is 1. The van der Waals surface area contributed by atoms with Crippen molar-refractivity contribution in [3.63, 3.8) is 0 Å². The van der Waals surface area contributed by atoms with E-state index in [9.17, 15) is 4.39 Å². The van der Waals surface area contributed by atoms with Gasteiger partial charge in [0.25, 0.3) is 0 Å². The molecule has 0 bridgehead atoms. The molecule has 0 saturated carbocycles. The van der Waals surface area contributed by atoms with Gasteiger partial charge in [-0.2, -0.15) is 15.0 Å². The molecule has 0 radical (unpaired) electrons. The molecule has 2 rings (SSSR count). The summed E-state index contributed by atoms with van der Waals surface area (Å²) in [5, 5.41) is 3.11. The summed E-state index contributed by atoms with van der Waals surface area (Å²) in [5.74, 6) is 0.685. The molecule has 1 aromatic heterocycles. The summed E-state index contributed by atoms with van der Waals surface area (Å²) in [6.07, 6.45) is 0.959. The monoisotopic (exact) mass is 290 g/mol. The largest absolute Gasteiger partial charge is 0.464 e. The lowest BCUT2D eigenvalue weighted by molar-refractivity contribution is 0.312. The molecule has 6 heteroatoms. The summed E-state index contributed by atoms with van der Waals surface area (Å²) in [7, 11) is 0. The van der Waals surface area contributed by atoms with Gasteiger partial charge in [0.05, 0.1) is 6.61 Å². The fourth-order valence-corrected chi connectivity index (χ4v) is 1.78. The van der Waals surface area contributed by atoms with Crippen LogP contribution >= 0.6 is 0 Å². The number of hydrogen-bond donors (Lipinski definition) is 1. The second-order valence-corrected chi connectivity index (χ2v) is 4.59. The van der Waals surface area contributed by atoms with Gasteiger partial charge in [-0.3, -0.25) is 0 Å². The molecule has 5 nitrogen and oxygen atoms in total. The van der Waals surface area contributed by atoms with Gasteiger partial charge in [-0.05, 0) is 44.0 Å². The van der Waals surface area contributed by atoms with Gasteiger partial charge in [-0.15, -0.1) is 0 Å². The van der Waals surface area contributed by atoms with Crippen molar-refractivity contribution in [1.82, 2.24) is 15.0 Å². The minimum atomic E-state index is -0.248. The van der Waals surface area contributed by atoms with Crippen LogP contribution < -0.4 is 10.1 Å². The van der Waals surface area contributed by atoms with Crippen molar-refractivity contribution in [3.8, 4) is 17.4 Å². The van der Waals surface area contributed by atoms with Crippen LogP contribution in [0.15, 0.2) is 18.2 Å². The third kappa shape index (κ3) is 3.87. The average molecular weight is 290 g/mol. The zero-order chi connectivity index (χ0) is 15.2. The van der Waals surface area contributed by atoms with E-state index in [1.54, 1.807) is 19.1 Å². The number of anilines is 1. The van der Waals surface area contributed by atoms with E-state index in [0.29, 0.717) is 23.9 Å². The predicted molar refractivity (Wildman–Crippen MR) is 79.9 cm³/mol. The van der Waals surface area contributed by atoms with Gasteiger partial charge in [-0.25, -0.2) is 4.39 Å². The summed E-state index contributed by atoms with van der Waals surface area (Å²) in [6, 6.07) is 5.04. The summed E-state index contributed by atoms with van der Waals surface area (Å²) in [5.41, 5.74) is 1.28. The van der Waals surface area contributed by atoms with Crippen LogP contribution in [0.2, 0.25) is 0 Å². The Morgan fingerprint density at radius 3 is 2.67 bits per heavy atom. The number of benzene rings is 1. The van der Waals surface area contributed by atoms with E-state index in [2.05, 4.69) is 27.2 Å². The molecule has 0 amide bonds. The van der Waals surface area contributed by atoms with E-state index >= 15 is 0 Å². The van der Waals surface area contributed by atoms with E-state index in [0.717, 1.165) is 18.5 Å². The highest BCUT2D eigenvalue weighted by atomic mass is 19.1. The Morgan fingerprint density at radius 1 is 1.19 bits per heavy atom. The lowest BCUT2D eigenvalue weighted by atomic mass is 10.1. The number of hydrogen-bond acceptors (Lipinski definition) is 5. The molecule has 1 aromatic carbocycles. The maximum absolute atomic E-state index is 13.4. The Balaban J connectivity index is 2.40. The molecular weight excluding hydrogens is 271 g/mol. The van der Waals surface area contributed by atoms with Crippen molar-refractivity contribution in [1.29, 1.82) is 0 Å². The van der Waals surface area contributed by atoms with Crippen LogP contribution in [0.4, 0.5) is 10.3 Å². The second-order valence-electron chi connectivity index (χ2n) is 4.59. The number of ether oxygens (including phenoxy) is 1. The molecule has 0 aliphatic carbocycles. The van der Waals surface area contributed by atoms with E-state index < -0.39 is 0 Å². The summed E-state index contributed by atoms with van der Waals surface area (Å²) in [4.78, 5) is 12.8. The number of aromatic nitrogens is 3. The van der Waals surface area contributed by atoms with Gasteiger partial charge >= 0.3 is 6.01 Å². The first-order valence-corrected chi connectivity index (χ1v) is 7.03. The van der Waals surface area contributed by atoms with Gasteiger partial charge in [0.1, 0.15) is 5.82 Å². The van der Waals surface area contributed by atoms with Gasteiger partial charge in [0.2, 0.25) is 5.95 Å². The molecule has 21 heavy (non-hydrogen) atoms. The van der Waals surface area contributed by atoms with Crippen LogP contribution in [-0.4, -0.2) is 28.1 Å². The lowest BCUT2D eigenvalue weighted by Crippen LogP contribution is -2.08.